The van der Waals surface area contributed by atoms with Gasteiger partial charge < -0.3 is 25.4 Å². The number of hydrogen-bond donors (Lipinski definition) is 3. The number of methoxy groups -OCH3 is 1. The normalized spacial score (nSPS) is 21.4. The van der Waals surface area contributed by atoms with E-state index in [1.807, 2.05) is 6.07 Å². The van der Waals surface area contributed by atoms with Crippen LogP contribution in [0.3, 0.4) is 0 Å². The lowest BCUT2D eigenvalue weighted by Crippen LogP contribution is -2.38. The number of nitrogens with zero attached hydrogens (tertiary/aromatic N) is 2. The van der Waals surface area contributed by atoms with Gasteiger partial charge in [0.2, 0.25) is 0 Å². The zero-order valence-corrected chi connectivity index (χ0v) is 20.5. The first-order chi connectivity index (χ1) is 16.6. The fourth-order valence-corrected chi connectivity index (χ4v) is 4.84. The van der Waals surface area contributed by atoms with E-state index in [4.69, 9.17) is 21.1 Å². The Morgan fingerprint density at radius 1 is 1.12 bits per heavy atom. The third kappa shape index (κ3) is 7.01. The van der Waals surface area contributed by atoms with Crippen molar-refractivity contribution in [2.45, 2.75) is 50.6 Å². The Balaban J connectivity index is 1.38. The van der Waals surface area contributed by atoms with Crippen molar-refractivity contribution >= 4 is 23.2 Å². The van der Waals surface area contributed by atoms with Crippen LogP contribution in [0.25, 0.3) is 11.3 Å². The van der Waals surface area contributed by atoms with Gasteiger partial charge in [0.1, 0.15) is 5.82 Å². The fourth-order valence-electron chi connectivity index (χ4n) is 4.64. The molecule has 34 heavy (non-hydrogen) atoms. The molecule has 0 atom stereocenters. The molecule has 2 aliphatic rings. The Hall–Kier alpha value is -2.00. The molecule has 2 aromatic rings. The van der Waals surface area contributed by atoms with Gasteiger partial charge in [0.15, 0.2) is 11.6 Å². The van der Waals surface area contributed by atoms with Crippen molar-refractivity contribution in [3.63, 3.8) is 0 Å². The highest BCUT2D eigenvalue weighted by molar-refractivity contribution is 6.33. The van der Waals surface area contributed by atoms with Gasteiger partial charge in [-0.25, -0.2) is 14.4 Å². The molecule has 1 saturated heterocycles. The number of pyridine rings is 2. The van der Waals surface area contributed by atoms with E-state index in [9.17, 15) is 4.39 Å². The molecule has 2 aromatic heterocycles. The summed E-state index contributed by atoms with van der Waals surface area (Å²) >= 11 is 6.47. The molecule has 3 N–H and O–H groups in total. The highest BCUT2D eigenvalue weighted by atomic mass is 35.5. The first-order valence-electron chi connectivity index (χ1n) is 12.3. The molecule has 0 spiro atoms. The van der Waals surface area contributed by atoms with E-state index in [2.05, 4.69) is 25.9 Å². The molecule has 7 nitrogen and oxygen atoms in total. The number of rotatable bonds is 10. The third-order valence-corrected chi connectivity index (χ3v) is 7.00. The first-order valence-corrected chi connectivity index (χ1v) is 12.6. The van der Waals surface area contributed by atoms with E-state index in [0.717, 1.165) is 76.3 Å². The maximum Gasteiger partial charge on any atom is 0.165 e. The summed E-state index contributed by atoms with van der Waals surface area (Å²) in [7, 11) is 1.72. The van der Waals surface area contributed by atoms with Gasteiger partial charge >= 0.3 is 0 Å². The summed E-state index contributed by atoms with van der Waals surface area (Å²) in [6, 6.07) is 5.92. The number of nitrogens with one attached hydrogen (secondary N) is 3. The number of hydrogen-bond acceptors (Lipinski definition) is 7. The van der Waals surface area contributed by atoms with Gasteiger partial charge in [-0.05, 0) is 62.6 Å². The highest BCUT2D eigenvalue weighted by Gasteiger charge is 2.21. The molecular formula is C25H35ClFN5O2. The minimum absolute atomic E-state index is 0.255. The molecule has 0 amide bonds. The van der Waals surface area contributed by atoms with Gasteiger partial charge in [0, 0.05) is 57.3 Å². The van der Waals surface area contributed by atoms with Gasteiger partial charge in [-0.3, -0.25) is 0 Å². The second-order valence-corrected chi connectivity index (χ2v) is 9.56. The molecule has 1 aliphatic heterocycles. The molecule has 9 heteroatoms. The number of ether oxygens (including phenoxy) is 2. The van der Waals surface area contributed by atoms with E-state index in [1.54, 1.807) is 19.4 Å². The van der Waals surface area contributed by atoms with Crippen LogP contribution in [0.1, 0.15) is 38.5 Å². The molecule has 0 bridgehead atoms. The molecule has 4 rings (SSSR count). The van der Waals surface area contributed by atoms with Crippen LogP contribution < -0.4 is 16.0 Å². The predicted molar refractivity (Wildman–Crippen MR) is 134 cm³/mol. The monoisotopic (exact) mass is 491 g/mol. The van der Waals surface area contributed by atoms with Crippen LogP contribution in [0, 0.1) is 11.7 Å². The second-order valence-electron chi connectivity index (χ2n) is 9.15. The zero-order chi connectivity index (χ0) is 23.8. The molecule has 1 saturated carbocycles. The molecular weight excluding hydrogens is 457 g/mol. The van der Waals surface area contributed by atoms with E-state index in [1.165, 1.54) is 6.07 Å². The van der Waals surface area contributed by atoms with E-state index >= 15 is 0 Å². The summed E-state index contributed by atoms with van der Waals surface area (Å²) in [4.78, 5) is 9.02. The summed E-state index contributed by atoms with van der Waals surface area (Å²) < 4.78 is 25.0. The number of aromatic nitrogens is 2. The van der Waals surface area contributed by atoms with Crippen LogP contribution in [0.2, 0.25) is 5.02 Å². The van der Waals surface area contributed by atoms with Crippen molar-refractivity contribution in [2.75, 3.05) is 50.7 Å². The van der Waals surface area contributed by atoms with Crippen molar-refractivity contribution in [1.82, 2.24) is 15.3 Å². The second kappa shape index (κ2) is 12.6. The van der Waals surface area contributed by atoms with Crippen molar-refractivity contribution in [3.05, 3.63) is 35.2 Å². The summed E-state index contributed by atoms with van der Waals surface area (Å²) in [5.41, 5.74) is 1.36. The molecule has 186 valence electrons. The summed E-state index contributed by atoms with van der Waals surface area (Å²) in [6.07, 6.45) is 7.96. The maximum atomic E-state index is 14.4. The Labute approximate surface area is 206 Å². The molecule has 2 fully saturated rings. The van der Waals surface area contributed by atoms with Gasteiger partial charge in [-0.1, -0.05) is 11.6 Å². The average Bonchev–Trinajstić information content (AvgIpc) is 2.87. The smallest absolute Gasteiger partial charge is 0.165 e. The van der Waals surface area contributed by atoms with E-state index < -0.39 is 0 Å². The molecule has 3 heterocycles. The fraction of sp³-hybridized carbons (Fsp3) is 0.600. The predicted octanol–water partition coefficient (Wildman–Crippen LogP) is 4.73. The van der Waals surface area contributed by atoms with Crippen molar-refractivity contribution in [3.8, 4) is 11.3 Å². The standard InChI is InChI=1S/C25H35ClFN5O2/c1-33-13-10-28-18-2-4-19(5-3-18)31-24-14-20(21(26)16-29-24)23-7-6-22(27)25(32-23)30-15-17-8-11-34-12-9-17/h6-7,14,16-19,28H,2-5,8-13,15H2,1H3,(H,29,31)(H,30,32)/t18-,19-. The quantitative estimate of drug-likeness (QED) is 0.414. The largest absolute Gasteiger partial charge is 0.383 e. The van der Waals surface area contributed by atoms with Crippen LogP contribution in [0.5, 0.6) is 0 Å². The van der Waals surface area contributed by atoms with Crippen molar-refractivity contribution in [2.24, 2.45) is 5.92 Å². The first kappa shape index (κ1) is 25.1. The van der Waals surface area contributed by atoms with E-state index in [0.29, 0.717) is 35.3 Å². The number of anilines is 2. The lowest BCUT2D eigenvalue weighted by molar-refractivity contribution is 0.0699. The third-order valence-electron chi connectivity index (χ3n) is 6.69. The highest BCUT2D eigenvalue weighted by Crippen LogP contribution is 2.31. The minimum atomic E-state index is -0.366. The van der Waals surface area contributed by atoms with Crippen LogP contribution in [-0.2, 0) is 9.47 Å². The number of halogens is 2. The van der Waals surface area contributed by atoms with Gasteiger partial charge in [0.25, 0.3) is 0 Å². The lowest BCUT2D eigenvalue weighted by Gasteiger charge is -2.30. The van der Waals surface area contributed by atoms with E-state index in [-0.39, 0.29) is 11.6 Å². The Morgan fingerprint density at radius 2 is 1.88 bits per heavy atom. The SMILES string of the molecule is COCCN[C@H]1CC[C@H](Nc2cc(-c3ccc(F)c(NCC4CCOCC4)n3)c(Cl)cn2)CC1. The Morgan fingerprint density at radius 3 is 2.65 bits per heavy atom. The topological polar surface area (TPSA) is 80.3 Å². The summed E-state index contributed by atoms with van der Waals surface area (Å²) in [5.74, 6) is 1.11. The van der Waals surface area contributed by atoms with Gasteiger partial charge in [-0.15, -0.1) is 0 Å². The Kier molecular flexibility index (Phi) is 9.33. The average molecular weight is 492 g/mol. The van der Waals surface area contributed by atoms with Crippen LogP contribution >= 0.6 is 11.6 Å². The maximum absolute atomic E-state index is 14.4. The van der Waals surface area contributed by atoms with Crippen molar-refractivity contribution in [1.29, 1.82) is 0 Å². The van der Waals surface area contributed by atoms with Crippen molar-refractivity contribution < 1.29 is 13.9 Å². The minimum Gasteiger partial charge on any atom is -0.383 e. The molecule has 0 unspecified atom stereocenters. The summed E-state index contributed by atoms with van der Waals surface area (Å²) in [5, 5.41) is 10.8. The van der Waals surface area contributed by atoms with Gasteiger partial charge in [-0.2, -0.15) is 0 Å². The molecule has 0 aromatic carbocycles. The summed E-state index contributed by atoms with van der Waals surface area (Å²) in [6.45, 7) is 3.82. The zero-order valence-electron chi connectivity index (χ0n) is 19.8. The van der Waals surface area contributed by atoms with Crippen LogP contribution in [-0.4, -0.2) is 62.1 Å². The molecule has 1 aliphatic carbocycles. The van der Waals surface area contributed by atoms with Gasteiger partial charge in [0.05, 0.1) is 17.3 Å². The van der Waals surface area contributed by atoms with Crippen LogP contribution in [0.15, 0.2) is 24.4 Å². The Bertz CT molecular complexity index is 920. The lowest BCUT2D eigenvalue weighted by atomic mass is 9.91. The molecule has 0 radical (unpaired) electrons. The van der Waals surface area contributed by atoms with Crippen LogP contribution in [0.4, 0.5) is 16.0 Å².